The fourth-order valence-electron chi connectivity index (χ4n) is 2.06. The van der Waals surface area contributed by atoms with E-state index in [4.69, 9.17) is 0 Å². The van der Waals surface area contributed by atoms with Crippen molar-refractivity contribution in [2.45, 2.75) is 24.9 Å². The largest absolute Gasteiger partial charge is 0.548 e. The highest BCUT2D eigenvalue weighted by molar-refractivity contribution is 9.10. The van der Waals surface area contributed by atoms with Gasteiger partial charge in [0.1, 0.15) is 17.8 Å². The van der Waals surface area contributed by atoms with Crippen molar-refractivity contribution in [1.82, 2.24) is 15.6 Å². The molecule has 0 spiro atoms. The van der Waals surface area contributed by atoms with Crippen molar-refractivity contribution in [1.29, 1.82) is 0 Å². The lowest BCUT2D eigenvalue weighted by atomic mass is 9.94. The third-order valence-electron chi connectivity index (χ3n) is 3.15. The molecule has 2 atom stereocenters. The van der Waals surface area contributed by atoms with Crippen molar-refractivity contribution in [3.05, 3.63) is 22.4 Å². The van der Waals surface area contributed by atoms with Crippen LogP contribution in [-0.4, -0.2) is 41.3 Å². The third kappa shape index (κ3) is 3.38. The van der Waals surface area contributed by atoms with Crippen LogP contribution >= 0.6 is 15.9 Å². The second kappa shape index (κ2) is 5.66. The summed E-state index contributed by atoms with van der Waals surface area (Å²) in [5.41, 5.74) is -0.147. The number of rotatable bonds is 5. The zero-order valence-corrected chi connectivity index (χ0v) is 12.4. The van der Waals surface area contributed by atoms with E-state index in [2.05, 4.69) is 36.5 Å². The van der Waals surface area contributed by atoms with Crippen molar-refractivity contribution in [2.24, 2.45) is 0 Å². The normalized spacial score (nSPS) is 22.3. The molecule has 0 fully saturated rings. The molecule has 0 unspecified atom stereocenters. The molecule has 2 rings (SSSR count). The molecule has 1 aliphatic heterocycles. The van der Waals surface area contributed by atoms with E-state index >= 15 is 0 Å². The highest BCUT2D eigenvalue weighted by Gasteiger charge is 2.36. The minimum Gasteiger partial charge on any atom is -0.548 e. The van der Waals surface area contributed by atoms with Gasteiger partial charge in [-0.05, 0) is 28.9 Å². The number of hydrogen-bond acceptors (Lipinski definition) is 4. The summed E-state index contributed by atoms with van der Waals surface area (Å²) in [6.45, 7) is 2.46. The zero-order valence-electron chi connectivity index (χ0n) is 10.8. The predicted octanol–water partition coefficient (Wildman–Crippen LogP) is -2.51. The Hall–Kier alpha value is -1.83. The number of halogens is 1. The van der Waals surface area contributed by atoms with Gasteiger partial charge in [0.2, 0.25) is 6.34 Å². The fourth-order valence-corrected chi connectivity index (χ4v) is 2.41. The summed E-state index contributed by atoms with van der Waals surface area (Å²) in [4.78, 5) is 28.9. The first-order chi connectivity index (χ1) is 9.39. The molecule has 0 radical (unpaired) electrons. The van der Waals surface area contributed by atoms with Gasteiger partial charge in [-0.2, -0.15) is 0 Å². The maximum Gasteiger partial charge on any atom is 0.268 e. The summed E-state index contributed by atoms with van der Waals surface area (Å²) in [6.07, 6.45) is 3.48. The summed E-state index contributed by atoms with van der Waals surface area (Å²) < 4.78 is 0.718. The van der Waals surface area contributed by atoms with Gasteiger partial charge in [-0.15, -0.1) is 0 Å². The monoisotopic (exact) mass is 342 g/mol. The number of hydrogen-bond donors (Lipinski definition) is 4. The Balaban J connectivity index is 2.02. The van der Waals surface area contributed by atoms with Gasteiger partial charge >= 0.3 is 0 Å². The van der Waals surface area contributed by atoms with Crippen LogP contribution in [0.5, 0.6) is 0 Å². The van der Waals surface area contributed by atoms with Gasteiger partial charge in [0.25, 0.3) is 5.91 Å². The van der Waals surface area contributed by atoms with Crippen LogP contribution in [0.25, 0.3) is 0 Å². The van der Waals surface area contributed by atoms with Crippen LogP contribution in [0.2, 0.25) is 0 Å². The van der Waals surface area contributed by atoms with E-state index in [1.54, 1.807) is 18.6 Å². The van der Waals surface area contributed by atoms with Crippen molar-refractivity contribution in [2.75, 3.05) is 6.54 Å². The fraction of sp³-hybridized carbons (Fsp3) is 0.417. The van der Waals surface area contributed by atoms with Crippen LogP contribution in [0, 0.1) is 0 Å². The lowest BCUT2D eigenvalue weighted by molar-refractivity contribution is -0.449. The standard InChI is InChI=1S/C12H15BrN4O3/c1-12(5-14-6-16-12)3-9(11(19)20)17-10(18)8-2-7(13)4-15-8/h2,4,6,9,15H,3,5H2,1H3,(H,14,16)(H,17,18)(H,19,20)/t9-,12+/m1/s1. The molecule has 0 saturated carbocycles. The number of aliphatic carboxylic acids is 1. The van der Waals surface area contributed by atoms with Gasteiger partial charge < -0.3 is 20.2 Å². The number of aromatic amines is 1. The molecule has 2 heterocycles. The number of carbonyl (C=O) groups excluding carboxylic acids is 2. The number of carboxylic acid groups (broad SMARTS) is 1. The summed E-state index contributed by atoms with van der Waals surface area (Å²) in [7, 11) is 0. The minimum absolute atomic E-state index is 0.215. The maximum absolute atomic E-state index is 12.0. The SMILES string of the molecule is C[C@]1(C[C@@H](NC(=O)c2cc(Br)c[nH]2)C(=O)[O-])C[NH+]=CN1. The number of carbonyl (C=O) groups is 2. The summed E-state index contributed by atoms with van der Waals surface area (Å²) in [6, 6.07) is 0.502. The van der Waals surface area contributed by atoms with Crippen LogP contribution in [0.15, 0.2) is 16.7 Å². The van der Waals surface area contributed by atoms with Gasteiger partial charge in [-0.3, -0.25) is 15.1 Å². The molecule has 7 nitrogen and oxygen atoms in total. The van der Waals surface area contributed by atoms with Gasteiger partial charge in [0, 0.05) is 17.1 Å². The number of amides is 1. The molecule has 0 aromatic carbocycles. The van der Waals surface area contributed by atoms with Crippen LogP contribution in [-0.2, 0) is 4.79 Å². The molecule has 1 aliphatic rings. The first-order valence-electron chi connectivity index (χ1n) is 6.08. The number of nitrogens with one attached hydrogen (secondary N) is 4. The second-order valence-corrected chi connectivity index (χ2v) is 5.93. The molecule has 0 saturated heterocycles. The molecule has 1 aromatic rings. The molecular weight excluding hydrogens is 328 g/mol. The van der Waals surface area contributed by atoms with Crippen LogP contribution < -0.4 is 20.7 Å². The Morgan fingerprint density at radius 2 is 2.40 bits per heavy atom. The summed E-state index contributed by atoms with van der Waals surface area (Å²) in [5, 5.41) is 16.7. The second-order valence-electron chi connectivity index (χ2n) is 5.01. The van der Waals surface area contributed by atoms with E-state index in [1.807, 2.05) is 6.92 Å². The van der Waals surface area contributed by atoms with Crippen LogP contribution in [0.1, 0.15) is 23.8 Å². The number of H-pyrrole nitrogens is 1. The maximum atomic E-state index is 12.0. The van der Waals surface area contributed by atoms with E-state index in [0.717, 1.165) is 4.47 Å². The van der Waals surface area contributed by atoms with Gasteiger partial charge in [0.15, 0.2) is 0 Å². The molecule has 4 N–H and O–H groups in total. The molecular formula is C12H15BrN4O3. The first-order valence-corrected chi connectivity index (χ1v) is 6.87. The minimum atomic E-state index is -1.31. The number of aromatic nitrogens is 1. The molecule has 0 bridgehead atoms. The lowest BCUT2D eigenvalue weighted by Crippen LogP contribution is -2.69. The quantitative estimate of drug-likeness (QED) is 0.473. The molecule has 108 valence electrons. The van der Waals surface area contributed by atoms with Gasteiger partial charge in [-0.1, -0.05) is 0 Å². The van der Waals surface area contributed by atoms with Crippen LogP contribution in [0.4, 0.5) is 0 Å². The summed E-state index contributed by atoms with van der Waals surface area (Å²) >= 11 is 3.21. The van der Waals surface area contributed by atoms with E-state index < -0.39 is 23.5 Å². The Morgan fingerprint density at radius 1 is 1.65 bits per heavy atom. The lowest BCUT2D eigenvalue weighted by Gasteiger charge is -2.26. The van der Waals surface area contributed by atoms with E-state index in [1.165, 1.54) is 0 Å². The molecule has 8 heteroatoms. The number of carboxylic acids is 1. The average Bonchev–Trinajstić information content (AvgIpc) is 2.97. The van der Waals surface area contributed by atoms with E-state index in [-0.39, 0.29) is 12.1 Å². The van der Waals surface area contributed by atoms with E-state index in [0.29, 0.717) is 6.54 Å². The van der Waals surface area contributed by atoms with Crippen molar-refractivity contribution in [3.8, 4) is 0 Å². The van der Waals surface area contributed by atoms with Gasteiger partial charge in [0.05, 0.1) is 12.0 Å². The molecule has 0 aliphatic carbocycles. The predicted molar refractivity (Wildman–Crippen MR) is 72.8 cm³/mol. The Bertz CT molecular complexity index is 547. The topological polar surface area (TPSA) is 111 Å². The molecule has 1 amide bonds. The van der Waals surface area contributed by atoms with Crippen LogP contribution in [0.3, 0.4) is 0 Å². The highest BCUT2D eigenvalue weighted by Crippen LogP contribution is 2.13. The Labute approximate surface area is 124 Å². The molecule has 1 aromatic heterocycles. The zero-order chi connectivity index (χ0) is 14.8. The third-order valence-corrected chi connectivity index (χ3v) is 3.61. The van der Waals surface area contributed by atoms with E-state index in [9.17, 15) is 14.7 Å². The Kier molecular flexibility index (Phi) is 4.12. The van der Waals surface area contributed by atoms with Crippen molar-refractivity contribution in [3.63, 3.8) is 0 Å². The average molecular weight is 343 g/mol. The smallest absolute Gasteiger partial charge is 0.268 e. The van der Waals surface area contributed by atoms with Gasteiger partial charge in [-0.25, -0.2) is 0 Å². The highest BCUT2D eigenvalue weighted by atomic mass is 79.9. The summed E-state index contributed by atoms with van der Waals surface area (Å²) in [5.74, 6) is -1.79. The molecule has 20 heavy (non-hydrogen) atoms. The van der Waals surface area contributed by atoms with Crippen molar-refractivity contribution < 1.29 is 19.7 Å². The Morgan fingerprint density at radius 3 is 2.90 bits per heavy atom. The van der Waals surface area contributed by atoms with Crippen molar-refractivity contribution >= 4 is 34.1 Å². The first kappa shape index (κ1) is 14.6.